The molecule has 11 heavy (non-hydrogen) atoms. The quantitative estimate of drug-likeness (QED) is 0.408. The minimum atomic E-state index is -1.54. The molecule has 4 N–H and O–H groups in total. The van der Waals surface area contributed by atoms with Crippen LogP contribution in [0.4, 0.5) is 0 Å². The standard InChI is InChI=1S/C7H16O4/c1-2-6(3-8)7(11,4-9)5-10/h6,8-11H,2-5H2,1H3. The van der Waals surface area contributed by atoms with Crippen molar-refractivity contribution in [1.29, 1.82) is 0 Å². The van der Waals surface area contributed by atoms with Gasteiger partial charge in [0.25, 0.3) is 0 Å². The Bertz CT molecular complexity index is 96.6. The van der Waals surface area contributed by atoms with E-state index in [1.807, 2.05) is 0 Å². The van der Waals surface area contributed by atoms with Gasteiger partial charge in [-0.05, 0) is 6.42 Å². The first kappa shape index (κ1) is 10.8. The van der Waals surface area contributed by atoms with Gasteiger partial charge < -0.3 is 20.4 Å². The molecule has 0 rings (SSSR count). The fourth-order valence-corrected chi connectivity index (χ4v) is 0.987. The van der Waals surface area contributed by atoms with Crippen LogP contribution in [0.5, 0.6) is 0 Å². The van der Waals surface area contributed by atoms with Crippen molar-refractivity contribution < 1.29 is 20.4 Å². The van der Waals surface area contributed by atoms with Gasteiger partial charge in [0.15, 0.2) is 0 Å². The Labute approximate surface area is 66.1 Å². The summed E-state index contributed by atoms with van der Waals surface area (Å²) in [7, 11) is 0. The van der Waals surface area contributed by atoms with Crippen molar-refractivity contribution in [1.82, 2.24) is 0 Å². The van der Waals surface area contributed by atoms with E-state index >= 15 is 0 Å². The Balaban J connectivity index is 4.19. The molecule has 0 aromatic carbocycles. The average molecular weight is 164 g/mol. The largest absolute Gasteiger partial charge is 0.396 e. The monoisotopic (exact) mass is 164 g/mol. The van der Waals surface area contributed by atoms with Gasteiger partial charge in [-0.15, -0.1) is 0 Å². The maximum absolute atomic E-state index is 9.43. The van der Waals surface area contributed by atoms with Gasteiger partial charge in [0.05, 0.1) is 13.2 Å². The lowest BCUT2D eigenvalue weighted by atomic mass is 9.87. The fraction of sp³-hybridized carbons (Fsp3) is 1.00. The van der Waals surface area contributed by atoms with Crippen LogP contribution >= 0.6 is 0 Å². The molecule has 4 nitrogen and oxygen atoms in total. The van der Waals surface area contributed by atoms with Crippen molar-refractivity contribution >= 4 is 0 Å². The van der Waals surface area contributed by atoms with Crippen LogP contribution in [0.1, 0.15) is 13.3 Å². The summed E-state index contributed by atoms with van der Waals surface area (Å²) < 4.78 is 0. The normalized spacial score (nSPS) is 15.0. The number of hydrogen-bond acceptors (Lipinski definition) is 4. The summed E-state index contributed by atoms with van der Waals surface area (Å²) in [6.07, 6.45) is 0.522. The van der Waals surface area contributed by atoms with Gasteiger partial charge in [0.2, 0.25) is 0 Å². The number of rotatable bonds is 5. The van der Waals surface area contributed by atoms with Crippen molar-refractivity contribution in [3.8, 4) is 0 Å². The molecule has 0 aromatic rings. The maximum Gasteiger partial charge on any atom is 0.116 e. The molecule has 0 saturated heterocycles. The molecule has 0 aromatic heterocycles. The molecular weight excluding hydrogens is 148 g/mol. The van der Waals surface area contributed by atoms with Crippen LogP contribution in [-0.2, 0) is 0 Å². The van der Waals surface area contributed by atoms with Crippen molar-refractivity contribution in [2.45, 2.75) is 18.9 Å². The Morgan fingerprint density at radius 1 is 1.18 bits per heavy atom. The summed E-state index contributed by atoms with van der Waals surface area (Å²) >= 11 is 0. The van der Waals surface area contributed by atoms with E-state index in [9.17, 15) is 5.11 Å². The zero-order chi connectivity index (χ0) is 8.91. The third-order valence-corrected chi connectivity index (χ3v) is 2.02. The summed E-state index contributed by atoms with van der Waals surface area (Å²) in [5, 5.41) is 35.6. The highest BCUT2D eigenvalue weighted by Crippen LogP contribution is 2.19. The SMILES string of the molecule is CCC(CO)C(O)(CO)CO. The van der Waals surface area contributed by atoms with E-state index in [4.69, 9.17) is 15.3 Å². The van der Waals surface area contributed by atoms with Gasteiger partial charge in [-0.25, -0.2) is 0 Å². The Kier molecular flexibility index (Phi) is 4.60. The average Bonchev–Trinajstić information content (AvgIpc) is 2.06. The molecule has 0 amide bonds. The molecule has 0 aliphatic carbocycles. The lowest BCUT2D eigenvalue weighted by Gasteiger charge is -2.30. The summed E-state index contributed by atoms with van der Waals surface area (Å²) in [5.41, 5.74) is -1.54. The first-order valence-corrected chi connectivity index (χ1v) is 3.69. The first-order chi connectivity index (χ1) is 5.14. The predicted octanol–water partition coefficient (Wildman–Crippen LogP) is -1.28. The van der Waals surface area contributed by atoms with Crippen LogP contribution in [0.25, 0.3) is 0 Å². The molecule has 4 heteroatoms. The first-order valence-electron chi connectivity index (χ1n) is 3.69. The van der Waals surface area contributed by atoms with Gasteiger partial charge in [-0.1, -0.05) is 6.92 Å². The lowest BCUT2D eigenvalue weighted by Crippen LogP contribution is -2.46. The van der Waals surface area contributed by atoms with Crippen LogP contribution in [0.3, 0.4) is 0 Å². The second-order valence-electron chi connectivity index (χ2n) is 2.71. The van der Waals surface area contributed by atoms with Crippen molar-refractivity contribution in [2.75, 3.05) is 19.8 Å². The highest BCUT2D eigenvalue weighted by molar-refractivity contribution is 4.83. The molecule has 1 unspecified atom stereocenters. The van der Waals surface area contributed by atoms with Crippen LogP contribution < -0.4 is 0 Å². The summed E-state index contributed by atoms with van der Waals surface area (Å²) in [4.78, 5) is 0. The minimum absolute atomic E-state index is 0.228. The molecule has 0 fully saturated rings. The molecule has 68 valence electrons. The molecule has 0 spiro atoms. The van der Waals surface area contributed by atoms with E-state index in [-0.39, 0.29) is 6.61 Å². The third kappa shape index (κ3) is 2.41. The summed E-state index contributed by atoms with van der Waals surface area (Å²) in [5.74, 6) is -0.461. The second-order valence-corrected chi connectivity index (χ2v) is 2.71. The number of hydrogen-bond donors (Lipinski definition) is 4. The molecule has 0 saturated carbocycles. The molecule has 0 aliphatic rings. The predicted molar refractivity (Wildman–Crippen MR) is 40.0 cm³/mol. The molecule has 0 aliphatic heterocycles. The lowest BCUT2D eigenvalue weighted by molar-refractivity contribution is -0.108. The fourth-order valence-electron chi connectivity index (χ4n) is 0.987. The van der Waals surface area contributed by atoms with Crippen LogP contribution in [0, 0.1) is 5.92 Å². The number of aliphatic hydroxyl groups excluding tert-OH is 3. The van der Waals surface area contributed by atoms with E-state index < -0.39 is 24.7 Å². The van der Waals surface area contributed by atoms with E-state index in [0.29, 0.717) is 6.42 Å². The smallest absolute Gasteiger partial charge is 0.116 e. The van der Waals surface area contributed by atoms with Gasteiger partial charge in [0.1, 0.15) is 5.60 Å². The van der Waals surface area contributed by atoms with Crippen molar-refractivity contribution in [3.63, 3.8) is 0 Å². The zero-order valence-corrected chi connectivity index (χ0v) is 6.69. The third-order valence-electron chi connectivity index (χ3n) is 2.02. The Hall–Kier alpha value is -0.160. The zero-order valence-electron chi connectivity index (χ0n) is 6.69. The van der Waals surface area contributed by atoms with Crippen LogP contribution in [-0.4, -0.2) is 45.8 Å². The maximum atomic E-state index is 9.43. The summed E-state index contributed by atoms with van der Waals surface area (Å²) in [6.45, 7) is 0.496. The minimum Gasteiger partial charge on any atom is -0.396 e. The van der Waals surface area contributed by atoms with Gasteiger partial charge in [-0.3, -0.25) is 0 Å². The van der Waals surface area contributed by atoms with E-state index in [2.05, 4.69) is 0 Å². The molecule has 0 bridgehead atoms. The second kappa shape index (κ2) is 4.66. The number of aliphatic hydroxyl groups is 4. The highest BCUT2D eigenvalue weighted by atomic mass is 16.4. The molecule has 0 heterocycles. The van der Waals surface area contributed by atoms with E-state index in [0.717, 1.165) is 0 Å². The topological polar surface area (TPSA) is 80.9 Å². The van der Waals surface area contributed by atoms with Crippen molar-refractivity contribution in [3.05, 3.63) is 0 Å². The van der Waals surface area contributed by atoms with Crippen molar-refractivity contribution in [2.24, 2.45) is 5.92 Å². The molecule has 0 radical (unpaired) electrons. The van der Waals surface area contributed by atoms with Gasteiger partial charge >= 0.3 is 0 Å². The van der Waals surface area contributed by atoms with Crippen LogP contribution in [0.2, 0.25) is 0 Å². The van der Waals surface area contributed by atoms with Crippen LogP contribution in [0.15, 0.2) is 0 Å². The Morgan fingerprint density at radius 3 is 1.73 bits per heavy atom. The van der Waals surface area contributed by atoms with Gasteiger partial charge in [0, 0.05) is 12.5 Å². The summed E-state index contributed by atoms with van der Waals surface area (Å²) in [6, 6.07) is 0. The van der Waals surface area contributed by atoms with E-state index in [1.54, 1.807) is 6.92 Å². The Morgan fingerprint density at radius 2 is 1.64 bits per heavy atom. The van der Waals surface area contributed by atoms with E-state index in [1.165, 1.54) is 0 Å². The van der Waals surface area contributed by atoms with Gasteiger partial charge in [-0.2, -0.15) is 0 Å². The molecule has 1 atom stereocenters. The highest BCUT2D eigenvalue weighted by Gasteiger charge is 2.33. The molecular formula is C7H16O4.